The molecule has 2 aliphatic rings. The van der Waals surface area contributed by atoms with Crippen molar-refractivity contribution in [2.45, 2.75) is 31.6 Å². The number of rotatable bonds is 2. The second-order valence-electron chi connectivity index (χ2n) is 5.42. The smallest absolute Gasteiger partial charge is 0.312 e. The summed E-state index contributed by atoms with van der Waals surface area (Å²) < 4.78 is 33.1. The Morgan fingerprint density at radius 3 is 2.79 bits per heavy atom. The van der Waals surface area contributed by atoms with E-state index in [9.17, 15) is 13.6 Å². The van der Waals surface area contributed by atoms with Crippen molar-refractivity contribution >= 4 is 21.9 Å². The minimum atomic E-state index is -2.91. The van der Waals surface area contributed by atoms with Crippen molar-refractivity contribution < 1.29 is 18.3 Å². The Morgan fingerprint density at radius 1 is 1.47 bits per heavy atom. The van der Waals surface area contributed by atoms with Crippen LogP contribution in [0.25, 0.3) is 0 Å². The molecule has 2 unspecified atom stereocenters. The van der Waals surface area contributed by atoms with Gasteiger partial charge in [0.15, 0.2) is 0 Å². The van der Waals surface area contributed by atoms with Crippen LogP contribution in [-0.4, -0.2) is 12.6 Å². The van der Waals surface area contributed by atoms with Crippen LogP contribution in [0.4, 0.5) is 8.78 Å². The zero-order chi connectivity index (χ0) is 13.8. The first kappa shape index (κ1) is 13.0. The maximum Gasteiger partial charge on any atom is 0.312 e. The molecule has 1 aliphatic heterocycles. The molecule has 2 atom stereocenters. The first-order valence-corrected chi connectivity index (χ1v) is 6.99. The van der Waals surface area contributed by atoms with Crippen LogP contribution in [0.5, 0.6) is 0 Å². The van der Waals surface area contributed by atoms with E-state index in [1.807, 2.05) is 0 Å². The molecule has 1 saturated heterocycles. The Balaban J connectivity index is 2.01. The highest BCUT2D eigenvalue weighted by atomic mass is 79.9. The predicted molar refractivity (Wildman–Crippen MR) is 69.1 cm³/mol. The van der Waals surface area contributed by atoms with E-state index in [0.29, 0.717) is 29.5 Å². The molecule has 1 aromatic carbocycles. The van der Waals surface area contributed by atoms with Crippen molar-refractivity contribution in [1.29, 1.82) is 0 Å². The van der Waals surface area contributed by atoms with E-state index in [0.717, 1.165) is 6.92 Å². The van der Waals surface area contributed by atoms with E-state index >= 15 is 0 Å². The van der Waals surface area contributed by atoms with Crippen molar-refractivity contribution in [1.82, 2.24) is 0 Å². The van der Waals surface area contributed by atoms with E-state index in [1.165, 1.54) is 6.07 Å². The third kappa shape index (κ3) is 1.98. The van der Waals surface area contributed by atoms with Gasteiger partial charge in [-0.15, -0.1) is 0 Å². The molecule has 5 heteroatoms. The molecule has 0 radical (unpaired) electrons. The van der Waals surface area contributed by atoms with Gasteiger partial charge in [-0.2, -0.15) is 0 Å². The molecule has 102 valence electrons. The van der Waals surface area contributed by atoms with E-state index in [4.69, 9.17) is 4.74 Å². The van der Waals surface area contributed by atoms with Crippen LogP contribution in [-0.2, 0) is 15.5 Å². The monoisotopic (exact) mass is 330 g/mol. The van der Waals surface area contributed by atoms with Crippen molar-refractivity contribution in [2.75, 3.05) is 6.61 Å². The lowest BCUT2D eigenvalue weighted by molar-refractivity contribution is -0.142. The average Bonchev–Trinajstić information content (AvgIpc) is 2.92. The first-order valence-electron chi connectivity index (χ1n) is 6.19. The topological polar surface area (TPSA) is 26.3 Å². The fourth-order valence-corrected chi connectivity index (χ4v) is 3.36. The van der Waals surface area contributed by atoms with Gasteiger partial charge in [0.25, 0.3) is 5.92 Å². The molecular formula is C14H13BrF2O2. The molecule has 0 aromatic heterocycles. The second-order valence-corrected chi connectivity index (χ2v) is 6.33. The zero-order valence-electron chi connectivity index (χ0n) is 10.4. The Hall–Kier alpha value is -0.970. The molecule has 1 aromatic rings. The fourth-order valence-electron chi connectivity index (χ4n) is 3.00. The van der Waals surface area contributed by atoms with Crippen molar-refractivity contribution in [3.63, 3.8) is 0 Å². The Morgan fingerprint density at radius 2 is 2.21 bits per heavy atom. The van der Waals surface area contributed by atoms with Crippen LogP contribution in [0.15, 0.2) is 22.7 Å². The summed E-state index contributed by atoms with van der Waals surface area (Å²) in [6, 6.07) is 4.89. The van der Waals surface area contributed by atoms with Crippen LogP contribution in [0, 0.1) is 5.41 Å². The molecule has 19 heavy (non-hydrogen) atoms. The van der Waals surface area contributed by atoms with Crippen LogP contribution in [0.1, 0.15) is 36.8 Å². The van der Waals surface area contributed by atoms with E-state index in [-0.39, 0.29) is 17.5 Å². The highest BCUT2D eigenvalue weighted by Gasteiger charge is 2.64. The van der Waals surface area contributed by atoms with Crippen LogP contribution in [0.2, 0.25) is 0 Å². The van der Waals surface area contributed by atoms with Crippen molar-refractivity contribution in [2.24, 2.45) is 5.41 Å². The molecule has 2 nitrogen and oxygen atoms in total. The standard InChI is InChI=1S/C14H13BrF2O2/c1-13(16,17)10-6-8(15)2-3-9(10)11-7-14(11)4-5-19-12(14)18/h2-3,6,11H,4-5,7H2,1H3. The summed E-state index contributed by atoms with van der Waals surface area (Å²) in [6.07, 6.45) is 1.26. The molecular weight excluding hydrogens is 318 g/mol. The SMILES string of the molecule is CC(F)(F)c1cc(Br)ccc1C1CC12CCOC2=O. The molecule has 1 spiro atoms. The minimum Gasteiger partial charge on any atom is -0.465 e. The summed E-state index contributed by atoms with van der Waals surface area (Å²) in [6.45, 7) is 1.30. The van der Waals surface area contributed by atoms with Gasteiger partial charge in [-0.25, -0.2) is 8.78 Å². The molecule has 1 heterocycles. The van der Waals surface area contributed by atoms with Crippen molar-refractivity contribution in [3.8, 4) is 0 Å². The number of carbonyl (C=O) groups is 1. The van der Waals surface area contributed by atoms with Gasteiger partial charge < -0.3 is 4.74 Å². The third-order valence-corrected chi connectivity index (χ3v) is 4.62. The predicted octanol–water partition coefficient (Wildman–Crippen LogP) is 3.98. The summed E-state index contributed by atoms with van der Waals surface area (Å²) in [5, 5.41) is 0. The lowest BCUT2D eigenvalue weighted by Crippen LogP contribution is -2.15. The first-order chi connectivity index (χ1) is 8.84. The molecule has 0 amide bonds. The lowest BCUT2D eigenvalue weighted by atomic mass is 9.92. The number of benzene rings is 1. The van der Waals surface area contributed by atoms with Crippen LogP contribution in [0.3, 0.4) is 0 Å². The van der Waals surface area contributed by atoms with Gasteiger partial charge >= 0.3 is 5.97 Å². The van der Waals surface area contributed by atoms with E-state index in [1.54, 1.807) is 12.1 Å². The van der Waals surface area contributed by atoms with Gasteiger partial charge in [-0.3, -0.25) is 4.79 Å². The van der Waals surface area contributed by atoms with Crippen LogP contribution < -0.4 is 0 Å². The van der Waals surface area contributed by atoms with E-state index < -0.39 is 11.3 Å². The number of halogens is 3. The maximum absolute atomic E-state index is 13.7. The number of esters is 1. The molecule has 1 saturated carbocycles. The number of hydrogen-bond acceptors (Lipinski definition) is 2. The third-order valence-electron chi connectivity index (χ3n) is 4.13. The number of cyclic esters (lactones) is 1. The van der Waals surface area contributed by atoms with Crippen LogP contribution >= 0.6 is 15.9 Å². The minimum absolute atomic E-state index is 0.00319. The number of alkyl halides is 2. The molecule has 2 fully saturated rings. The summed E-state index contributed by atoms with van der Waals surface area (Å²) in [4.78, 5) is 11.8. The lowest BCUT2D eigenvalue weighted by Gasteiger charge is -2.17. The number of ether oxygens (including phenoxy) is 1. The Kier molecular flexibility index (Phi) is 2.75. The highest BCUT2D eigenvalue weighted by molar-refractivity contribution is 9.10. The summed E-state index contributed by atoms with van der Waals surface area (Å²) in [5.41, 5.74) is 0.0476. The second kappa shape index (κ2) is 4.01. The summed E-state index contributed by atoms with van der Waals surface area (Å²) >= 11 is 3.22. The summed E-state index contributed by atoms with van der Waals surface area (Å²) in [7, 11) is 0. The zero-order valence-corrected chi connectivity index (χ0v) is 12.0. The van der Waals surface area contributed by atoms with Gasteiger partial charge in [-0.05, 0) is 30.5 Å². The van der Waals surface area contributed by atoms with Gasteiger partial charge in [0.1, 0.15) is 0 Å². The molecule has 0 bridgehead atoms. The Bertz CT molecular complexity index is 553. The van der Waals surface area contributed by atoms with Gasteiger partial charge in [0, 0.05) is 22.9 Å². The highest BCUT2D eigenvalue weighted by Crippen LogP contribution is 2.65. The Labute approximate surface area is 118 Å². The largest absolute Gasteiger partial charge is 0.465 e. The quantitative estimate of drug-likeness (QED) is 0.766. The van der Waals surface area contributed by atoms with Gasteiger partial charge in [-0.1, -0.05) is 22.0 Å². The molecule has 3 rings (SSSR count). The number of carbonyl (C=O) groups excluding carboxylic acids is 1. The maximum atomic E-state index is 13.7. The average molecular weight is 331 g/mol. The van der Waals surface area contributed by atoms with Crippen molar-refractivity contribution in [3.05, 3.63) is 33.8 Å². The normalized spacial score (nSPS) is 29.7. The van der Waals surface area contributed by atoms with Gasteiger partial charge in [0.05, 0.1) is 12.0 Å². The fraction of sp³-hybridized carbons (Fsp3) is 0.500. The van der Waals surface area contributed by atoms with E-state index in [2.05, 4.69) is 15.9 Å². The molecule has 0 N–H and O–H groups in total. The van der Waals surface area contributed by atoms with Gasteiger partial charge in [0.2, 0.25) is 0 Å². The summed E-state index contributed by atoms with van der Waals surface area (Å²) in [5.74, 6) is -3.27. The molecule has 1 aliphatic carbocycles. The number of hydrogen-bond donors (Lipinski definition) is 0.